The van der Waals surface area contributed by atoms with Crippen molar-refractivity contribution < 1.29 is 0 Å². The normalized spacial score (nSPS) is 15.6. The van der Waals surface area contributed by atoms with Crippen LogP contribution >= 0.6 is 15.8 Å². The minimum absolute atomic E-state index is 0.393. The standard InChI is InChI=1S/C33H30P2/c1-27(26-34(29-16-6-2-7-17-29)30-18-8-3-9-19-30)25-28-15-14-24-33(28)35(31-20-10-4-11-21-31)32-22-12-5-13-23-32/h2-25,33H,26H2,1H3/b27-25-. The molecule has 0 heterocycles. The minimum atomic E-state index is -0.524. The van der Waals surface area contributed by atoms with Gasteiger partial charge in [0.15, 0.2) is 0 Å². The van der Waals surface area contributed by atoms with E-state index in [0.29, 0.717) is 5.66 Å². The molecular formula is C33H30P2. The lowest BCUT2D eigenvalue weighted by Gasteiger charge is -2.26. The smallest absolute Gasteiger partial charge is 0.0304 e. The molecule has 4 aromatic rings. The van der Waals surface area contributed by atoms with Crippen LogP contribution in [0.3, 0.4) is 0 Å². The van der Waals surface area contributed by atoms with Crippen molar-refractivity contribution in [1.29, 1.82) is 0 Å². The molecule has 0 radical (unpaired) electrons. The predicted octanol–water partition coefficient (Wildman–Crippen LogP) is 7.06. The largest absolute Gasteiger partial charge is 0.0721 e. The monoisotopic (exact) mass is 488 g/mol. The van der Waals surface area contributed by atoms with Crippen LogP contribution in [0.5, 0.6) is 0 Å². The Morgan fingerprint density at radius 1 is 0.629 bits per heavy atom. The van der Waals surface area contributed by atoms with Crippen LogP contribution in [0.4, 0.5) is 0 Å². The van der Waals surface area contributed by atoms with Crippen molar-refractivity contribution in [2.75, 3.05) is 6.16 Å². The highest BCUT2D eigenvalue weighted by Gasteiger charge is 2.27. The first-order valence-electron chi connectivity index (χ1n) is 12.1. The van der Waals surface area contributed by atoms with E-state index in [2.05, 4.69) is 153 Å². The van der Waals surface area contributed by atoms with Crippen LogP contribution in [0.15, 0.2) is 157 Å². The zero-order valence-electron chi connectivity index (χ0n) is 20.0. The van der Waals surface area contributed by atoms with Crippen LogP contribution in [-0.4, -0.2) is 11.8 Å². The Morgan fingerprint density at radius 2 is 1.06 bits per heavy atom. The number of hydrogen-bond acceptors (Lipinski definition) is 0. The molecule has 1 atom stereocenters. The average Bonchev–Trinajstić information content (AvgIpc) is 3.37. The van der Waals surface area contributed by atoms with E-state index in [9.17, 15) is 0 Å². The highest BCUT2D eigenvalue weighted by molar-refractivity contribution is 7.74. The lowest BCUT2D eigenvalue weighted by molar-refractivity contribution is 1.29. The van der Waals surface area contributed by atoms with Crippen LogP contribution in [0.25, 0.3) is 0 Å². The molecule has 1 aliphatic carbocycles. The summed E-state index contributed by atoms with van der Waals surface area (Å²) in [4.78, 5) is 0. The molecule has 1 unspecified atom stereocenters. The van der Waals surface area contributed by atoms with Gasteiger partial charge in [0.1, 0.15) is 0 Å². The molecule has 35 heavy (non-hydrogen) atoms. The Morgan fingerprint density at radius 3 is 1.51 bits per heavy atom. The Balaban J connectivity index is 1.45. The number of hydrogen-bond donors (Lipinski definition) is 0. The molecule has 172 valence electrons. The molecule has 0 amide bonds. The summed E-state index contributed by atoms with van der Waals surface area (Å²) in [6.45, 7) is 2.31. The highest BCUT2D eigenvalue weighted by Crippen LogP contribution is 2.46. The predicted molar refractivity (Wildman–Crippen MR) is 158 cm³/mol. The second kappa shape index (κ2) is 11.6. The highest BCUT2D eigenvalue weighted by atomic mass is 31.1. The van der Waals surface area contributed by atoms with E-state index < -0.39 is 15.8 Å². The quantitative estimate of drug-likeness (QED) is 0.233. The molecule has 4 aromatic carbocycles. The van der Waals surface area contributed by atoms with E-state index in [-0.39, 0.29) is 0 Å². The van der Waals surface area contributed by atoms with Gasteiger partial charge in [-0.3, -0.25) is 0 Å². The fraction of sp³-hybridized carbons (Fsp3) is 0.0909. The summed E-state index contributed by atoms with van der Waals surface area (Å²) in [5, 5.41) is 5.73. The first-order chi connectivity index (χ1) is 17.3. The van der Waals surface area contributed by atoms with Crippen molar-refractivity contribution in [3.63, 3.8) is 0 Å². The maximum Gasteiger partial charge on any atom is 0.0304 e. The summed E-state index contributed by atoms with van der Waals surface area (Å²) in [6.07, 6.45) is 10.5. The second-order valence-corrected chi connectivity index (χ2v) is 13.3. The summed E-state index contributed by atoms with van der Waals surface area (Å²) >= 11 is 0. The summed E-state index contributed by atoms with van der Waals surface area (Å²) in [7, 11) is -0.963. The zero-order valence-corrected chi connectivity index (χ0v) is 21.8. The maximum absolute atomic E-state index is 2.47. The Hall–Kier alpha value is -3.04. The molecule has 1 aliphatic rings. The molecular weight excluding hydrogens is 458 g/mol. The van der Waals surface area contributed by atoms with Crippen molar-refractivity contribution in [2.24, 2.45) is 0 Å². The van der Waals surface area contributed by atoms with E-state index in [1.807, 2.05) is 0 Å². The molecule has 0 N–H and O–H groups in total. The van der Waals surface area contributed by atoms with Gasteiger partial charge < -0.3 is 0 Å². The van der Waals surface area contributed by atoms with Gasteiger partial charge in [0, 0.05) is 5.66 Å². The second-order valence-electron chi connectivity index (χ2n) is 8.79. The zero-order chi connectivity index (χ0) is 23.9. The lowest BCUT2D eigenvalue weighted by atomic mass is 10.1. The van der Waals surface area contributed by atoms with Gasteiger partial charge in [-0.1, -0.05) is 151 Å². The van der Waals surface area contributed by atoms with Crippen LogP contribution < -0.4 is 21.2 Å². The summed E-state index contributed by atoms with van der Waals surface area (Å²) in [5.74, 6) is 0. The molecule has 2 heteroatoms. The molecule has 0 fully saturated rings. The van der Waals surface area contributed by atoms with E-state index in [4.69, 9.17) is 0 Å². The van der Waals surface area contributed by atoms with Gasteiger partial charge in [0.2, 0.25) is 0 Å². The molecule has 0 bridgehead atoms. The van der Waals surface area contributed by atoms with Crippen LogP contribution in [0.2, 0.25) is 0 Å². The molecule has 5 rings (SSSR count). The Bertz CT molecular complexity index is 1230. The first-order valence-corrected chi connectivity index (χ1v) is 15.1. The maximum atomic E-state index is 2.47. The van der Waals surface area contributed by atoms with Crippen molar-refractivity contribution in [2.45, 2.75) is 12.6 Å². The first kappa shape index (κ1) is 23.7. The fourth-order valence-corrected chi connectivity index (χ4v) is 9.60. The fourth-order valence-electron chi connectivity index (χ4n) is 4.62. The molecule has 0 aromatic heterocycles. The number of benzene rings is 4. The summed E-state index contributed by atoms with van der Waals surface area (Å²) < 4.78 is 0. The van der Waals surface area contributed by atoms with Crippen molar-refractivity contribution in [3.05, 3.63) is 157 Å². The van der Waals surface area contributed by atoms with Gasteiger partial charge in [0.05, 0.1) is 0 Å². The van der Waals surface area contributed by atoms with Gasteiger partial charge in [-0.2, -0.15) is 0 Å². The topological polar surface area (TPSA) is 0 Å². The number of allylic oxidation sites excluding steroid dienone is 6. The van der Waals surface area contributed by atoms with Gasteiger partial charge in [-0.05, 0) is 55.7 Å². The summed E-state index contributed by atoms with van der Waals surface area (Å²) in [6, 6.07) is 44.1. The average molecular weight is 489 g/mol. The Labute approximate surface area is 212 Å². The van der Waals surface area contributed by atoms with Crippen molar-refractivity contribution in [3.8, 4) is 0 Å². The minimum Gasteiger partial charge on any atom is -0.0721 e. The van der Waals surface area contributed by atoms with Crippen LogP contribution in [0, 0.1) is 0 Å². The van der Waals surface area contributed by atoms with E-state index in [0.717, 1.165) is 6.16 Å². The summed E-state index contributed by atoms with van der Waals surface area (Å²) in [5.41, 5.74) is 3.27. The van der Waals surface area contributed by atoms with Crippen LogP contribution in [-0.2, 0) is 0 Å². The lowest BCUT2D eigenvalue weighted by Crippen LogP contribution is -2.20. The van der Waals surface area contributed by atoms with E-state index in [1.54, 1.807) is 0 Å². The van der Waals surface area contributed by atoms with Crippen LogP contribution in [0.1, 0.15) is 6.92 Å². The third kappa shape index (κ3) is 5.79. The molecule has 0 aliphatic heterocycles. The van der Waals surface area contributed by atoms with Crippen molar-refractivity contribution >= 4 is 37.1 Å². The van der Waals surface area contributed by atoms with E-state index in [1.165, 1.54) is 32.4 Å². The third-order valence-corrected chi connectivity index (χ3v) is 11.6. The molecule has 0 spiro atoms. The van der Waals surface area contributed by atoms with Gasteiger partial charge in [-0.15, -0.1) is 0 Å². The molecule has 0 nitrogen and oxygen atoms in total. The molecule has 0 saturated heterocycles. The molecule has 0 saturated carbocycles. The van der Waals surface area contributed by atoms with Crippen molar-refractivity contribution in [1.82, 2.24) is 0 Å². The van der Waals surface area contributed by atoms with E-state index >= 15 is 0 Å². The number of rotatable bonds is 8. The third-order valence-electron chi connectivity index (χ3n) is 6.23. The van der Waals surface area contributed by atoms with Gasteiger partial charge in [0.25, 0.3) is 0 Å². The van der Waals surface area contributed by atoms with Gasteiger partial charge >= 0.3 is 0 Å². The van der Waals surface area contributed by atoms with Gasteiger partial charge in [-0.25, -0.2) is 0 Å². The Kier molecular flexibility index (Phi) is 7.85. The SMILES string of the molecule is C/C(=C/C1=CC=CC1P(c1ccccc1)c1ccccc1)CP(c1ccccc1)c1ccccc1.